The molecule has 1 unspecified atom stereocenters. The van der Waals surface area contributed by atoms with Gasteiger partial charge in [-0.25, -0.2) is 8.93 Å². The molecule has 0 spiro atoms. The summed E-state index contributed by atoms with van der Waals surface area (Å²) < 4.78 is 58.0. The lowest BCUT2D eigenvalue weighted by Crippen LogP contribution is -2.53. The highest BCUT2D eigenvalue weighted by Crippen LogP contribution is 2.30. The Labute approximate surface area is 132 Å². The summed E-state index contributed by atoms with van der Waals surface area (Å²) in [4.78, 5) is 12.0. The third kappa shape index (κ3) is 6.64. The van der Waals surface area contributed by atoms with Gasteiger partial charge in [0, 0.05) is 0 Å². The molecule has 22 heavy (non-hydrogen) atoms. The van der Waals surface area contributed by atoms with Crippen molar-refractivity contribution in [3.05, 3.63) is 0 Å². The average molecular weight is 345 g/mol. The molecule has 0 aromatic heterocycles. The average Bonchev–Trinajstić information content (AvgIpc) is 2.35. The molecule has 0 aliphatic heterocycles. The van der Waals surface area contributed by atoms with E-state index < -0.39 is 45.9 Å². The monoisotopic (exact) mass is 345 g/mol. The Balaban J connectivity index is 5.30. The Bertz CT molecular complexity index is 394. The van der Waals surface area contributed by atoms with Crippen LogP contribution in [0, 0.1) is 5.92 Å². The van der Waals surface area contributed by atoms with Crippen LogP contribution in [-0.4, -0.2) is 33.2 Å². The van der Waals surface area contributed by atoms with Crippen molar-refractivity contribution in [3.8, 4) is 0 Å². The summed E-state index contributed by atoms with van der Waals surface area (Å²) in [7, 11) is -1.94. The lowest BCUT2D eigenvalue weighted by atomic mass is 9.97. The van der Waals surface area contributed by atoms with Crippen molar-refractivity contribution >= 4 is 17.0 Å². The highest BCUT2D eigenvalue weighted by atomic mass is 32.2. The number of carbonyl (C=O) groups excluding carboxylic acids is 1. The van der Waals surface area contributed by atoms with Crippen LogP contribution in [-0.2, 0) is 20.5 Å². The Morgan fingerprint density at radius 1 is 1.18 bits per heavy atom. The second-order valence-corrected chi connectivity index (χ2v) is 8.19. The Morgan fingerprint density at radius 2 is 1.68 bits per heavy atom. The first-order chi connectivity index (χ1) is 9.84. The van der Waals surface area contributed by atoms with E-state index in [2.05, 4.69) is 4.72 Å². The summed E-state index contributed by atoms with van der Waals surface area (Å²) in [6.45, 7) is 9.54. The molecule has 0 saturated heterocycles. The largest absolute Gasteiger partial charge is 0.462 e. The molecule has 4 atom stereocenters. The minimum atomic E-state index is -4.70. The van der Waals surface area contributed by atoms with Crippen LogP contribution in [0.1, 0.15) is 54.4 Å². The van der Waals surface area contributed by atoms with Crippen LogP contribution < -0.4 is 4.72 Å². The van der Waals surface area contributed by atoms with Crippen molar-refractivity contribution in [1.29, 1.82) is 0 Å². The van der Waals surface area contributed by atoms with Crippen molar-refractivity contribution in [2.75, 3.05) is 0 Å². The molecule has 0 bridgehead atoms. The second kappa shape index (κ2) is 8.29. The number of ether oxygens (including phenoxy) is 1. The van der Waals surface area contributed by atoms with Gasteiger partial charge in [0.05, 0.1) is 27.8 Å². The van der Waals surface area contributed by atoms with E-state index in [4.69, 9.17) is 4.74 Å². The number of nitrogens with one attached hydrogen (secondary N) is 1. The van der Waals surface area contributed by atoms with Crippen molar-refractivity contribution in [2.24, 2.45) is 5.92 Å². The fourth-order valence-electron chi connectivity index (χ4n) is 1.58. The van der Waals surface area contributed by atoms with E-state index in [-0.39, 0.29) is 6.42 Å². The minimum Gasteiger partial charge on any atom is -0.462 e. The summed E-state index contributed by atoms with van der Waals surface area (Å²) in [6, 6.07) is -2.20. The maximum absolute atomic E-state index is 13.3. The molecule has 0 aromatic rings. The zero-order chi connectivity index (χ0) is 17.7. The standard InChI is InChI=1S/C14H26F3NO3S/c1-7-9(3)21-12(19)10(8-2)11(14(15,16)17)18-22(20)13(4,5)6/h9-11,18H,7-8H2,1-6H3/t9?,10-,11-,22-/m1/s1. The summed E-state index contributed by atoms with van der Waals surface area (Å²) in [5, 5.41) is 0. The lowest BCUT2D eigenvalue weighted by molar-refractivity contribution is -0.181. The topological polar surface area (TPSA) is 55.4 Å². The zero-order valence-electron chi connectivity index (χ0n) is 13.9. The van der Waals surface area contributed by atoms with Gasteiger partial charge in [0.15, 0.2) is 0 Å². The van der Waals surface area contributed by atoms with Gasteiger partial charge in [-0.2, -0.15) is 13.2 Å². The van der Waals surface area contributed by atoms with E-state index in [0.717, 1.165) is 0 Å². The maximum Gasteiger partial charge on any atom is 0.405 e. The minimum absolute atomic E-state index is 0.0617. The van der Waals surface area contributed by atoms with E-state index in [0.29, 0.717) is 6.42 Å². The van der Waals surface area contributed by atoms with Crippen molar-refractivity contribution in [3.63, 3.8) is 0 Å². The molecular formula is C14H26F3NO3S. The van der Waals surface area contributed by atoms with Crippen molar-refractivity contribution in [1.82, 2.24) is 4.72 Å². The van der Waals surface area contributed by atoms with Gasteiger partial charge in [0.1, 0.15) is 6.04 Å². The third-order valence-corrected chi connectivity index (χ3v) is 4.76. The summed E-state index contributed by atoms with van der Waals surface area (Å²) in [5.41, 5.74) is 0. The Morgan fingerprint density at radius 3 is 2.00 bits per heavy atom. The van der Waals surface area contributed by atoms with Gasteiger partial charge < -0.3 is 4.74 Å². The fraction of sp³-hybridized carbons (Fsp3) is 0.929. The van der Waals surface area contributed by atoms with E-state index in [1.165, 1.54) is 6.92 Å². The number of esters is 1. The van der Waals surface area contributed by atoms with E-state index in [9.17, 15) is 22.2 Å². The first kappa shape index (κ1) is 21.4. The fourth-order valence-corrected chi connectivity index (χ4v) is 2.46. The molecule has 0 radical (unpaired) electrons. The number of alkyl halides is 3. The normalized spacial score (nSPS) is 18.4. The Kier molecular flexibility index (Phi) is 8.05. The highest BCUT2D eigenvalue weighted by Gasteiger charge is 2.49. The van der Waals surface area contributed by atoms with Gasteiger partial charge in [0.25, 0.3) is 0 Å². The third-order valence-electron chi connectivity index (χ3n) is 3.18. The Hall–Kier alpha value is -0.630. The quantitative estimate of drug-likeness (QED) is 0.720. The molecule has 0 aliphatic rings. The van der Waals surface area contributed by atoms with Gasteiger partial charge in [-0.15, -0.1) is 0 Å². The van der Waals surface area contributed by atoms with Crippen LogP contribution in [0.5, 0.6) is 0 Å². The summed E-state index contributed by atoms with van der Waals surface area (Å²) >= 11 is 0. The van der Waals surface area contributed by atoms with Crippen molar-refractivity contribution < 1.29 is 26.9 Å². The summed E-state index contributed by atoms with van der Waals surface area (Å²) in [6.07, 6.45) is -4.70. The van der Waals surface area contributed by atoms with Crippen LogP contribution in [0.3, 0.4) is 0 Å². The highest BCUT2D eigenvalue weighted by molar-refractivity contribution is 7.84. The number of hydrogen-bond acceptors (Lipinski definition) is 3. The molecule has 0 fully saturated rings. The SMILES string of the molecule is CCC(C)OC(=O)[C@H](CC)[C@@H](N[S@](=O)C(C)(C)C)C(F)(F)F. The van der Waals surface area contributed by atoms with Crippen molar-refractivity contribution in [2.45, 2.75) is 77.5 Å². The molecule has 0 rings (SSSR count). The number of rotatable bonds is 7. The molecule has 0 saturated carbocycles. The molecule has 0 aromatic carbocycles. The van der Waals surface area contributed by atoms with Gasteiger partial charge in [-0.1, -0.05) is 13.8 Å². The van der Waals surface area contributed by atoms with Gasteiger partial charge in [-0.05, 0) is 40.5 Å². The smallest absolute Gasteiger partial charge is 0.405 e. The summed E-state index contributed by atoms with van der Waals surface area (Å²) in [5.74, 6) is -2.35. The number of carbonyl (C=O) groups is 1. The second-order valence-electron chi connectivity index (χ2n) is 6.19. The van der Waals surface area contributed by atoms with Crippen LogP contribution >= 0.6 is 0 Å². The van der Waals surface area contributed by atoms with Crippen LogP contribution in [0.25, 0.3) is 0 Å². The molecule has 0 heterocycles. The molecule has 8 heteroatoms. The predicted molar refractivity (Wildman–Crippen MR) is 80.5 cm³/mol. The first-order valence-electron chi connectivity index (χ1n) is 7.29. The molecule has 132 valence electrons. The van der Waals surface area contributed by atoms with E-state index >= 15 is 0 Å². The van der Waals surface area contributed by atoms with Gasteiger partial charge in [0.2, 0.25) is 0 Å². The first-order valence-corrected chi connectivity index (χ1v) is 8.44. The van der Waals surface area contributed by atoms with Crippen LogP contribution in [0.15, 0.2) is 0 Å². The molecule has 0 aliphatic carbocycles. The van der Waals surface area contributed by atoms with Crippen LogP contribution in [0.4, 0.5) is 13.2 Å². The van der Waals surface area contributed by atoms with Gasteiger partial charge in [-0.3, -0.25) is 4.79 Å². The predicted octanol–water partition coefficient (Wildman–Crippen LogP) is 3.34. The molecular weight excluding hydrogens is 319 g/mol. The zero-order valence-corrected chi connectivity index (χ0v) is 14.7. The van der Waals surface area contributed by atoms with E-state index in [1.54, 1.807) is 34.6 Å². The molecule has 0 amide bonds. The van der Waals surface area contributed by atoms with E-state index in [1.807, 2.05) is 0 Å². The number of hydrogen-bond donors (Lipinski definition) is 1. The number of halogens is 3. The molecule has 1 N–H and O–H groups in total. The molecule has 4 nitrogen and oxygen atoms in total. The van der Waals surface area contributed by atoms with Crippen LogP contribution in [0.2, 0.25) is 0 Å². The lowest BCUT2D eigenvalue weighted by Gasteiger charge is -2.30. The van der Waals surface area contributed by atoms with Gasteiger partial charge >= 0.3 is 12.1 Å². The maximum atomic E-state index is 13.3.